The lowest BCUT2D eigenvalue weighted by Gasteiger charge is -2.42. The number of amides is 1. The van der Waals surface area contributed by atoms with Crippen molar-refractivity contribution in [2.45, 2.75) is 165 Å². The van der Waals surface area contributed by atoms with Gasteiger partial charge in [0.25, 0.3) is 5.91 Å². The first-order valence-electron chi connectivity index (χ1n) is 16.4. The molecule has 1 atom stereocenters. The summed E-state index contributed by atoms with van der Waals surface area (Å²) in [6, 6.07) is -2.25. The first-order chi connectivity index (χ1) is 22.6. The zero-order chi connectivity index (χ0) is 39.4. The zero-order valence-corrected chi connectivity index (χ0v) is 28.3. The van der Waals surface area contributed by atoms with E-state index in [9.17, 15) is 75.4 Å². The number of unbranched alkanes of at least 4 members (excludes halogenated alkanes) is 13. The van der Waals surface area contributed by atoms with E-state index in [1.807, 2.05) is 0 Å². The lowest BCUT2D eigenvalue weighted by Crippen LogP contribution is -2.74. The molecule has 4 nitrogen and oxygen atoms in total. The number of likely N-dealkylation sites (N-methyl/N-ethyl adjacent to an activating group) is 1. The van der Waals surface area contributed by atoms with E-state index in [0.29, 0.717) is 6.42 Å². The fraction of sp³-hybridized carbons (Fsp3) is 0.935. The Hall–Kier alpha value is -2.11. The van der Waals surface area contributed by atoms with E-state index < -0.39 is 76.9 Å². The maximum Gasteiger partial charge on any atom is 0.460 e. The number of hydrogen-bond acceptors (Lipinski definition) is 3. The second kappa shape index (κ2) is 19.1. The topological polar surface area (TPSA) is 46.6 Å². The van der Waals surface area contributed by atoms with Crippen molar-refractivity contribution in [3.8, 4) is 0 Å². The highest BCUT2D eigenvalue weighted by Crippen LogP contribution is 2.62. The summed E-state index contributed by atoms with van der Waals surface area (Å²) in [4.78, 5) is 24.3. The maximum absolute atomic E-state index is 14.6. The molecule has 0 rings (SSSR count). The molecule has 0 aliphatic carbocycles. The minimum absolute atomic E-state index is 0.162. The lowest BCUT2D eigenvalue weighted by atomic mass is 9.90. The molecule has 0 saturated carbocycles. The third-order valence-corrected chi connectivity index (χ3v) is 8.09. The van der Waals surface area contributed by atoms with Crippen LogP contribution in [0.2, 0.25) is 0 Å². The molecule has 0 saturated heterocycles. The van der Waals surface area contributed by atoms with Crippen LogP contribution in [-0.2, 0) is 14.3 Å². The molecule has 0 spiro atoms. The van der Waals surface area contributed by atoms with Crippen LogP contribution in [0.4, 0.5) is 65.9 Å². The monoisotopic (exact) mass is 765 g/mol. The average molecular weight is 766 g/mol. The largest absolute Gasteiger partial charge is 0.464 e. The van der Waals surface area contributed by atoms with Gasteiger partial charge in [-0.3, -0.25) is 4.79 Å². The molecule has 0 aromatic heterocycles. The summed E-state index contributed by atoms with van der Waals surface area (Å²) in [6.45, 7) is 4.41. The standard InChI is InChI=1S/C31H46F15NO3/c1-5-6-7-8-9-10-11-12-13-14-15-16-17-18-19-50-23(48)22(20-21(2)3)47(4)24(49)25(32,33)26(34,35)27(36,37)28(38,39)29(40,41)30(42,43)31(44,45)46/h21-22H,5-20H2,1-4H3. The minimum atomic E-state index is -8.52. The van der Waals surface area contributed by atoms with Crippen molar-refractivity contribution >= 4 is 11.9 Å². The second-order valence-electron chi connectivity index (χ2n) is 12.8. The quantitative estimate of drug-likeness (QED) is 0.0528. The van der Waals surface area contributed by atoms with Gasteiger partial charge in [-0.1, -0.05) is 104 Å². The van der Waals surface area contributed by atoms with E-state index >= 15 is 0 Å². The minimum Gasteiger partial charge on any atom is -0.464 e. The fourth-order valence-corrected chi connectivity index (χ4v) is 4.89. The van der Waals surface area contributed by atoms with Gasteiger partial charge in [0.1, 0.15) is 6.04 Å². The summed E-state index contributed by atoms with van der Waals surface area (Å²) >= 11 is 0. The molecule has 0 radical (unpaired) electrons. The predicted octanol–water partition coefficient (Wildman–Crippen LogP) is 11.3. The van der Waals surface area contributed by atoms with Crippen LogP contribution in [0.15, 0.2) is 0 Å². The molecule has 0 bridgehead atoms. The van der Waals surface area contributed by atoms with Crippen LogP contribution in [0.1, 0.15) is 117 Å². The van der Waals surface area contributed by atoms with Crippen molar-refractivity contribution < 1.29 is 80.2 Å². The van der Waals surface area contributed by atoms with Crippen LogP contribution in [0.5, 0.6) is 0 Å². The molecule has 0 N–H and O–H groups in total. The number of alkyl halides is 15. The van der Waals surface area contributed by atoms with Gasteiger partial charge < -0.3 is 9.64 Å². The number of esters is 1. The Morgan fingerprint density at radius 2 is 0.880 bits per heavy atom. The summed E-state index contributed by atoms with van der Waals surface area (Å²) in [7, 11) is 0.162. The molecular weight excluding hydrogens is 719 g/mol. The molecule has 0 aliphatic heterocycles. The third-order valence-electron chi connectivity index (χ3n) is 8.09. The first kappa shape index (κ1) is 47.9. The summed E-state index contributed by atoms with van der Waals surface area (Å²) in [5.74, 6) is -54.4. The zero-order valence-electron chi connectivity index (χ0n) is 28.3. The number of carbonyl (C=O) groups is 2. The number of carbonyl (C=O) groups excluding carboxylic acids is 2. The molecular formula is C31H46F15NO3. The number of hydrogen-bond donors (Lipinski definition) is 0. The second-order valence-corrected chi connectivity index (χ2v) is 12.8. The van der Waals surface area contributed by atoms with Crippen LogP contribution in [-0.4, -0.2) is 78.2 Å². The molecule has 0 fully saturated rings. The van der Waals surface area contributed by atoms with E-state index in [4.69, 9.17) is 4.74 Å². The van der Waals surface area contributed by atoms with Gasteiger partial charge in [0.2, 0.25) is 0 Å². The van der Waals surface area contributed by atoms with E-state index in [1.54, 1.807) is 0 Å². The summed E-state index contributed by atoms with van der Waals surface area (Å²) in [5.41, 5.74) is 0. The Morgan fingerprint density at radius 3 is 1.24 bits per heavy atom. The smallest absolute Gasteiger partial charge is 0.460 e. The van der Waals surface area contributed by atoms with E-state index in [2.05, 4.69) is 6.92 Å². The molecule has 50 heavy (non-hydrogen) atoms. The van der Waals surface area contributed by atoms with Gasteiger partial charge >= 0.3 is 47.7 Å². The van der Waals surface area contributed by atoms with Crippen LogP contribution in [0, 0.1) is 5.92 Å². The molecule has 0 heterocycles. The van der Waals surface area contributed by atoms with Crippen molar-refractivity contribution in [1.82, 2.24) is 4.90 Å². The molecule has 1 unspecified atom stereocenters. The average Bonchev–Trinajstić information content (AvgIpc) is 2.99. The highest BCUT2D eigenvalue weighted by molar-refractivity contribution is 5.89. The summed E-state index contributed by atoms with van der Waals surface area (Å²) in [6.07, 6.45) is 5.34. The Kier molecular flexibility index (Phi) is 18.3. The van der Waals surface area contributed by atoms with Gasteiger partial charge in [-0.05, 0) is 18.8 Å². The van der Waals surface area contributed by atoms with Gasteiger partial charge in [0.05, 0.1) is 6.61 Å². The molecule has 0 aliphatic rings. The number of ether oxygens (including phenoxy) is 1. The Morgan fingerprint density at radius 1 is 0.540 bits per heavy atom. The van der Waals surface area contributed by atoms with E-state index in [0.717, 1.165) is 38.5 Å². The third kappa shape index (κ3) is 11.2. The molecule has 0 aromatic rings. The Labute approximate surface area is 281 Å². The highest BCUT2D eigenvalue weighted by Gasteiger charge is 2.94. The van der Waals surface area contributed by atoms with Gasteiger partial charge in [-0.2, -0.15) is 65.9 Å². The van der Waals surface area contributed by atoms with Gasteiger partial charge in [-0.15, -0.1) is 0 Å². The maximum atomic E-state index is 14.6. The Balaban J connectivity index is 5.45. The van der Waals surface area contributed by atoms with Crippen LogP contribution in [0.25, 0.3) is 0 Å². The molecule has 19 heteroatoms. The van der Waals surface area contributed by atoms with Gasteiger partial charge in [-0.25, -0.2) is 4.79 Å². The van der Waals surface area contributed by atoms with Crippen molar-refractivity contribution in [2.24, 2.45) is 5.92 Å². The van der Waals surface area contributed by atoms with Crippen LogP contribution in [0.3, 0.4) is 0 Å². The van der Waals surface area contributed by atoms with E-state index in [-0.39, 0.29) is 20.1 Å². The van der Waals surface area contributed by atoms with Gasteiger partial charge in [0.15, 0.2) is 0 Å². The number of nitrogens with zero attached hydrogens (tertiary/aromatic N) is 1. The fourth-order valence-electron chi connectivity index (χ4n) is 4.89. The molecule has 0 aromatic carbocycles. The molecule has 298 valence electrons. The summed E-state index contributed by atoms with van der Waals surface area (Å²) < 4.78 is 209. The van der Waals surface area contributed by atoms with Crippen molar-refractivity contribution in [3.05, 3.63) is 0 Å². The normalized spacial score (nSPS) is 14.6. The lowest BCUT2D eigenvalue weighted by molar-refractivity contribution is -0.449. The first-order valence-corrected chi connectivity index (χ1v) is 16.4. The SMILES string of the molecule is CCCCCCCCCCCCCCCCOC(=O)C(CC(C)C)N(C)C(=O)C(F)(F)C(F)(F)C(F)(F)C(F)(F)C(F)(F)C(F)(F)C(F)(F)F. The van der Waals surface area contributed by atoms with Crippen molar-refractivity contribution in [2.75, 3.05) is 13.7 Å². The summed E-state index contributed by atoms with van der Waals surface area (Å²) in [5, 5.41) is 0. The van der Waals surface area contributed by atoms with Crippen molar-refractivity contribution in [1.29, 1.82) is 0 Å². The van der Waals surface area contributed by atoms with Crippen LogP contribution >= 0.6 is 0 Å². The number of halogens is 15. The predicted molar refractivity (Wildman–Crippen MR) is 153 cm³/mol. The highest BCUT2D eigenvalue weighted by atomic mass is 19.4. The van der Waals surface area contributed by atoms with Crippen molar-refractivity contribution in [3.63, 3.8) is 0 Å². The van der Waals surface area contributed by atoms with Gasteiger partial charge in [0, 0.05) is 7.05 Å². The van der Waals surface area contributed by atoms with Crippen LogP contribution < -0.4 is 0 Å². The van der Waals surface area contributed by atoms with E-state index in [1.165, 1.54) is 52.4 Å². The Bertz CT molecular complexity index is 1030. The number of rotatable bonds is 25. The molecule has 1 amide bonds.